The summed E-state index contributed by atoms with van der Waals surface area (Å²) in [5.41, 5.74) is -0.592. The molecule has 0 aliphatic heterocycles. The van der Waals surface area contributed by atoms with Crippen molar-refractivity contribution < 1.29 is 29.6 Å². The van der Waals surface area contributed by atoms with Crippen LogP contribution in [0.15, 0.2) is 18.3 Å². The highest BCUT2D eigenvalue weighted by Gasteiger charge is 2.22. The van der Waals surface area contributed by atoms with E-state index >= 15 is 0 Å². The average molecular weight is 312 g/mol. The number of ether oxygens (including phenoxy) is 1. The summed E-state index contributed by atoms with van der Waals surface area (Å²) >= 11 is 0. The van der Waals surface area contributed by atoms with Crippen LogP contribution in [0.4, 0.5) is 4.79 Å². The molecular formula is C14H20N2O6. The van der Waals surface area contributed by atoms with Crippen LogP contribution in [0.25, 0.3) is 0 Å². The lowest BCUT2D eigenvalue weighted by molar-refractivity contribution is 0.0127. The Kier molecular flexibility index (Phi) is 5.84. The molecular weight excluding hydrogens is 292 g/mol. The van der Waals surface area contributed by atoms with Crippen molar-refractivity contribution in [1.29, 1.82) is 0 Å². The first-order valence-corrected chi connectivity index (χ1v) is 6.62. The molecule has 0 bridgehead atoms. The van der Waals surface area contributed by atoms with Crippen molar-refractivity contribution in [3.8, 4) is 0 Å². The minimum atomic E-state index is -1.31. The number of aliphatic hydroxyl groups excluding tert-OH is 2. The maximum absolute atomic E-state index is 11.4. The lowest BCUT2D eigenvalue weighted by Gasteiger charge is -2.22. The molecule has 8 nitrogen and oxygen atoms in total. The predicted octanol–water partition coefficient (Wildman–Crippen LogP) is 0.699. The van der Waals surface area contributed by atoms with Crippen LogP contribution in [0.2, 0.25) is 0 Å². The number of pyridine rings is 1. The summed E-state index contributed by atoms with van der Waals surface area (Å²) in [7, 11) is 0. The molecule has 0 aliphatic rings. The Labute approximate surface area is 127 Å². The third-order valence-electron chi connectivity index (χ3n) is 2.57. The quantitative estimate of drug-likeness (QED) is 0.629. The molecule has 0 saturated heterocycles. The second kappa shape index (κ2) is 7.19. The van der Waals surface area contributed by atoms with E-state index in [9.17, 15) is 19.8 Å². The van der Waals surface area contributed by atoms with Crippen molar-refractivity contribution in [1.82, 2.24) is 10.3 Å². The summed E-state index contributed by atoms with van der Waals surface area (Å²) in [5.74, 6) is -1.19. The smallest absolute Gasteiger partial charge is 0.407 e. The lowest BCUT2D eigenvalue weighted by atomic mass is 10.1. The van der Waals surface area contributed by atoms with E-state index in [0.29, 0.717) is 0 Å². The Morgan fingerprint density at radius 2 is 1.95 bits per heavy atom. The summed E-state index contributed by atoms with van der Waals surface area (Å²) in [6, 6.07) is 2.56. The largest absolute Gasteiger partial charge is 0.477 e. The van der Waals surface area contributed by atoms with E-state index in [0.717, 1.165) is 6.20 Å². The fourth-order valence-corrected chi connectivity index (χ4v) is 1.54. The number of aliphatic hydroxyl groups is 2. The number of carbonyl (C=O) groups is 2. The number of hydrogen-bond acceptors (Lipinski definition) is 6. The van der Waals surface area contributed by atoms with Crippen LogP contribution in [-0.2, 0) is 4.74 Å². The lowest BCUT2D eigenvalue weighted by Crippen LogP contribution is -2.38. The van der Waals surface area contributed by atoms with Gasteiger partial charge in [0.15, 0.2) is 0 Å². The molecule has 0 aliphatic carbocycles. The molecule has 2 atom stereocenters. The van der Waals surface area contributed by atoms with E-state index in [1.165, 1.54) is 12.1 Å². The number of carbonyl (C=O) groups excluding carboxylic acids is 1. The van der Waals surface area contributed by atoms with E-state index in [2.05, 4.69) is 10.3 Å². The molecule has 0 aromatic carbocycles. The van der Waals surface area contributed by atoms with Crippen molar-refractivity contribution in [2.45, 2.75) is 38.6 Å². The van der Waals surface area contributed by atoms with Gasteiger partial charge in [0.2, 0.25) is 0 Å². The third-order valence-corrected chi connectivity index (χ3v) is 2.57. The Morgan fingerprint density at radius 1 is 1.32 bits per heavy atom. The van der Waals surface area contributed by atoms with Gasteiger partial charge in [-0.15, -0.1) is 0 Å². The van der Waals surface area contributed by atoms with E-state index < -0.39 is 29.9 Å². The Balaban J connectivity index is 2.56. The van der Waals surface area contributed by atoms with Gasteiger partial charge in [-0.3, -0.25) is 0 Å². The zero-order valence-corrected chi connectivity index (χ0v) is 12.6. The Morgan fingerprint density at radius 3 is 2.41 bits per heavy atom. The van der Waals surface area contributed by atoms with Crippen LogP contribution in [0, 0.1) is 0 Å². The molecule has 4 N–H and O–H groups in total. The number of aromatic carboxylic acids is 1. The highest BCUT2D eigenvalue weighted by atomic mass is 16.6. The third kappa shape index (κ3) is 5.66. The number of amides is 1. The van der Waals surface area contributed by atoms with Crippen molar-refractivity contribution in [3.05, 3.63) is 29.6 Å². The normalized spacial score (nSPS) is 14.0. The van der Waals surface area contributed by atoms with E-state index in [-0.39, 0.29) is 17.8 Å². The number of carboxylic acid groups (broad SMARTS) is 1. The van der Waals surface area contributed by atoms with Gasteiger partial charge in [0.25, 0.3) is 0 Å². The van der Waals surface area contributed by atoms with Crippen LogP contribution in [0.3, 0.4) is 0 Å². The SMILES string of the molecule is CC(C)(C)OC(=O)NCC(O)C(O)c1ccc(C(=O)O)nc1. The molecule has 0 fully saturated rings. The second-order valence-corrected chi connectivity index (χ2v) is 5.68. The molecule has 1 heterocycles. The molecule has 0 radical (unpaired) electrons. The van der Waals surface area contributed by atoms with Gasteiger partial charge in [-0.05, 0) is 26.8 Å². The summed E-state index contributed by atoms with van der Waals surface area (Å²) < 4.78 is 5.00. The summed E-state index contributed by atoms with van der Waals surface area (Å²) in [6.45, 7) is 4.88. The van der Waals surface area contributed by atoms with Crippen molar-refractivity contribution in [3.63, 3.8) is 0 Å². The van der Waals surface area contributed by atoms with Gasteiger partial charge in [0.05, 0.1) is 0 Å². The number of rotatable bonds is 5. The molecule has 1 aromatic heterocycles. The molecule has 22 heavy (non-hydrogen) atoms. The molecule has 0 spiro atoms. The summed E-state index contributed by atoms with van der Waals surface area (Å²) in [6.07, 6.45) is -2.15. The fraction of sp³-hybridized carbons (Fsp3) is 0.500. The Hall–Kier alpha value is -2.19. The zero-order valence-electron chi connectivity index (χ0n) is 12.6. The van der Waals surface area contributed by atoms with Crippen LogP contribution >= 0.6 is 0 Å². The first kappa shape index (κ1) is 17.9. The first-order chi connectivity index (χ1) is 10.1. The highest BCUT2D eigenvalue weighted by molar-refractivity contribution is 5.85. The number of nitrogens with one attached hydrogen (secondary N) is 1. The van der Waals surface area contributed by atoms with Gasteiger partial charge in [-0.25, -0.2) is 14.6 Å². The summed E-state index contributed by atoms with van der Waals surface area (Å²) in [5, 5.41) is 30.8. The fourth-order valence-electron chi connectivity index (χ4n) is 1.54. The second-order valence-electron chi connectivity index (χ2n) is 5.68. The molecule has 1 aromatic rings. The maximum atomic E-state index is 11.4. The highest BCUT2D eigenvalue weighted by Crippen LogP contribution is 2.16. The topological polar surface area (TPSA) is 129 Å². The van der Waals surface area contributed by atoms with Gasteiger partial charge < -0.3 is 25.4 Å². The standard InChI is InChI=1S/C14H20N2O6/c1-14(2,3)22-13(21)16-7-10(17)11(18)8-4-5-9(12(19)20)15-6-8/h4-6,10-11,17-18H,7H2,1-3H3,(H,16,21)(H,19,20). The predicted molar refractivity (Wildman–Crippen MR) is 76.4 cm³/mol. The van der Waals surface area contributed by atoms with Crippen molar-refractivity contribution >= 4 is 12.1 Å². The monoisotopic (exact) mass is 312 g/mol. The number of alkyl carbamates (subject to hydrolysis) is 1. The van der Waals surface area contributed by atoms with E-state index in [4.69, 9.17) is 9.84 Å². The molecule has 0 saturated carbocycles. The zero-order chi connectivity index (χ0) is 16.9. The maximum Gasteiger partial charge on any atom is 0.407 e. The minimum absolute atomic E-state index is 0.169. The van der Waals surface area contributed by atoms with Gasteiger partial charge in [-0.2, -0.15) is 0 Å². The van der Waals surface area contributed by atoms with E-state index in [1.807, 2.05) is 0 Å². The van der Waals surface area contributed by atoms with Gasteiger partial charge in [-0.1, -0.05) is 6.07 Å². The van der Waals surface area contributed by atoms with Gasteiger partial charge in [0.1, 0.15) is 23.5 Å². The number of hydrogen-bond donors (Lipinski definition) is 4. The summed E-state index contributed by atoms with van der Waals surface area (Å²) in [4.78, 5) is 25.8. The molecule has 2 unspecified atom stereocenters. The molecule has 8 heteroatoms. The van der Waals surface area contributed by atoms with Crippen LogP contribution in [-0.4, -0.2) is 50.6 Å². The van der Waals surface area contributed by atoms with Crippen LogP contribution in [0.1, 0.15) is 42.9 Å². The van der Waals surface area contributed by atoms with Crippen molar-refractivity contribution in [2.75, 3.05) is 6.54 Å². The number of nitrogens with zero attached hydrogens (tertiary/aromatic N) is 1. The number of aromatic nitrogens is 1. The molecule has 1 rings (SSSR count). The van der Waals surface area contributed by atoms with Crippen LogP contribution < -0.4 is 5.32 Å². The van der Waals surface area contributed by atoms with Gasteiger partial charge in [0, 0.05) is 18.3 Å². The molecule has 122 valence electrons. The Bertz CT molecular complexity index is 523. The van der Waals surface area contributed by atoms with Crippen LogP contribution in [0.5, 0.6) is 0 Å². The molecule has 1 amide bonds. The van der Waals surface area contributed by atoms with Gasteiger partial charge >= 0.3 is 12.1 Å². The minimum Gasteiger partial charge on any atom is -0.477 e. The first-order valence-electron chi connectivity index (χ1n) is 6.62. The number of carboxylic acids is 1. The average Bonchev–Trinajstić information content (AvgIpc) is 2.42. The van der Waals surface area contributed by atoms with Crippen molar-refractivity contribution in [2.24, 2.45) is 0 Å². The van der Waals surface area contributed by atoms with E-state index in [1.54, 1.807) is 20.8 Å².